The van der Waals surface area contributed by atoms with Gasteiger partial charge in [0.15, 0.2) is 5.16 Å². The molecule has 24 heavy (non-hydrogen) atoms. The smallest absolute Gasteiger partial charge is 0.279 e. The van der Waals surface area contributed by atoms with Crippen LogP contribution in [0, 0.1) is 11.6 Å². The standard InChI is InChI=1S/C16H15F2N3O2S/c1-3-24-16-20-15(23)13-10(7-12(22)19-14(13)21(16)2)9-6-8(17)4-5-11(9)18/h4-6,10H,3,7H2,1-2H3,(H,19,22)/t10-/m0/s1. The van der Waals surface area contributed by atoms with E-state index in [1.165, 1.54) is 11.8 Å². The highest BCUT2D eigenvalue weighted by Gasteiger charge is 2.33. The molecule has 8 heteroatoms. The summed E-state index contributed by atoms with van der Waals surface area (Å²) in [6.45, 7) is 1.92. The number of aromatic nitrogens is 2. The lowest BCUT2D eigenvalue weighted by Gasteiger charge is -2.27. The molecule has 5 nitrogen and oxygen atoms in total. The lowest BCUT2D eigenvalue weighted by atomic mass is 9.86. The number of thioether (sulfide) groups is 1. The minimum absolute atomic E-state index is 0.0131. The molecular weight excluding hydrogens is 336 g/mol. The predicted octanol–water partition coefficient (Wildman–Crippen LogP) is 2.64. The normalized spacial score (nSPS) is 16.7. The highest BCUT2D eigenvalue weighted by molar-refractivity contribution is 7.99. The number of rotatable bonds is 3. The molecule has 0 unspecified atom stereocenters. The number of benzene rings is 1. The van der Waals surface area contributed by atoms with E-state index in [0.29, 0.717) is 10.9 Å². The van der Waals surface area contributed by atoms with Gasteiger partial charge < -0.3 is 9.88 Å². The number of carbonyl (C=O) groups excluding carboxylic acids is 1. The summed E-state index contributed by atoms with van der Waals surface area (Å²) < 4.78 is 29.3. The third-order valence-corrected chi connectivity index (χ3v) is 4.82. The molecule has 0 fully saturated rings. The van der Waals surface area contributed by atoms with Gasteiger partial charge in [-0.1, -0.05) is 18.7 Å². The van der Waals surface area contributed by atoms with Gasteiger partial charge in [-0.05, 0) is 29.5 Å². The molecule has 1 atom stereocenters. The number of amides is 1. The van der Waals surface area contributed by atoms with Crippen molar-refractivity contribution in [1.82, 2.24) is 9.55 Å². The van der Waals surface area contributed by atoms with Crippen LogP contribution in [0.3, 0.4) is 0 Å². The van der Waals surface area contributed by atoms with E-state index < -0.39 is 23.1 Å². The zero-order valence-corrected chi connectivity index (χ0v) is 13.9. The van der Waals surface area contributed by atoms with Gasteiger partial charge >= 0.3 is 0 Å². The summed E-state index contributed by atoms with van der Waals surface area (Å²) in [6.07, 6.45) is -0.134. The second-order valence-corrected chi connectivity index (χ2v) is 6.66. The van der Waals surface area contributed by atoms with Crippen LogP contribution in [0.5, 0.6) is 0 Å². The number of hydrogen-bond acceptors (Lipinski definition) is 4. The van der Waals surface area contributed by atoms with E-state index in [1.54, 1.807) is 11.6 Å². The van der Waals surface area contributed by atoms with Crippen LogP contribution in [0.2, 0.25) is 0 Å². The van der Waals surface area contributed by atoms with Crippen LogP contribution in [0.1, 0.15) is 30.4 Å². The van der Waals surface area contributed by atoms with Crippen molar-refractivity contribution in [2.75, 3.05) is 11.1 Å². The van der Waals surface area contributed by atoms with E-state index in [0.717, 1.165) is 18.2 Å². The lowest BCUT2D eigenvalue weighted by Crippen LogP contribution is -2.33. The number of carbonyl (C=O) groups is 1. The molecule has 1 N–H and O–H groups in total. The molecule has 0 spiro atoms. The molecule has 1 aliphatic heterocycles. The first-order valence-electron chi connectivity index (χ1n) is 7.40. The maximum atomic E-state index is 14.2. The molecular formula is C16H15F2N3O2S. The first-order valence-corrected chi connectivity index (χ1v) is 8.39. The summed E-state index contributed by atoms with van der Waals surface area (Å²) in [6, 6.07) is 3.02. The molecule has 0 saturated carbocycles. The van der Waals surface area contributed by atoms with Crippen molar-refractivity contribution in [3.8, 4) is 0 Å². The van der Waals surface area contributed by atoms with Gasteiger partial charge in [0.1, 0.15) is 17.5 Å². The number of hydrogen-bond donors (Lipinski definition) is 1. The van der Waals surface area contributed by atoms with Crippen molar-refractivity contribution in [3.05, 3.63) is 51.3 Å². The van der Waals surface area contributed by atoms with Gasteiger partial charge in [0.2, 0.25) is 5.91 Å². The Morgan fingerprint density at radius 2 is 2.12 bits per heavy atom. The Morgan fingerprint density at radius 1 is 1.38 bits per heavy atom. The van der Waals surface area contributed by atoms with Crippen LogP contribution in [-0.4, -0.2) is 21.2 Å². The second kappa shape index (κ2) is 6.35. The van der Waals surface area contributed by atoms with Crippen molar-refractivity contribution >= 4 is 23.5 Å². The van der Waals surface area contributed by atoms with Crippen LogP contribution in [0.25, 0.3) is 0 Å². The molecule has 2 aromatic rings. The zero-order valence-electron chi connectivity index (χ0n) is 13.1. The number of fused-ring (bicyclic) bond motifs is 1. The van der Waals surface area contributed by atoms with Crippen molar-refractivity contribution in [3.63, 3.8) is 0 Å². The monoisotopic (exact) mass is 351 g/mol. The quantitative estimate of drug-likeness (QED) is 0.682. The fourth-order valence-corrected chi connectivity index (χ4v) is 3.53. The Bertz CT molecular complexity index is 882. The predicted molar refractivity (Wildman–Crippen MR) is 87.3 cm³/mol. The fourth-order valence-electron chi connectivity index (χ4n) is 2.84. The van der Waals surface area contributed by atoms with E-state index in [1.807, 2.05) is 6.92 Å². The Labute approximate surface area is 141 Å². The molecule has 3 rings (SSSR count). The molecule has 0 bridgehead atoms. The van der Waals surface area contributed by atoms with Crippen molar-refractivity contribution < 1.29 is 13.6 Å². The topological polar surface area (TPSA) is 64.0 Å². The summed E-state index contributed by atoms with van der Waals surface area (Å²) in [5, 5.41) is 3.12. The van der Waals surface area contributed by atoms with Gasteiger partial charge in [0.05, 0.1) is 5.56 Å². The van der Waals surface area contributed by atoms with Crippen LogP contribution in [-0.2, 0) is 11.8 Å². The molecule has 1 aliphatic rings. The van der Waals surface area contributed by atoms with Crippen molar-refractivity contribution in [2.24, 2.45) is 7.05 Å². The zero-order chi connectivity index (χ0) is 17.4. The SMILES string of the molecule is CCSc1nc(=O)c2c(n1C)NC(=O)C[C@H]2c1cc(F)ccc1F. The summed E-state index contributed by atoms with van der Waals surface area (Å²) in [5.41, 5.74) is -0.365. The molecule has 1 amide bonds. The minimum Gasteiger partial charge on any atom is -0.312 e. The average Bonchev–Trinajstić information content (AvgIpc) is 2.54. The largest absolute Gasteiger partial charge is 0.312 e. The Morgan fingerprint density at radius 3 is 2.83 bits per heavy atom. The number of anilines is 1. The van der Waals surface area contributed by atoms with E-state index in [9.17, 15) is 18.4 Å². The van der Waals surface area contributed by atoms with Gasteiger partial charge in [-0.2, -0.15) is 4.98 Å². The number of halogens is 2. The molecule has 1 aromatic carbocycles. The highest BCUT2D eigenvalue weighted by atomic mass is 32.2. The van der Waals surface area contributed by atoms with Gasteiger partial charge in [-0.15, -0.1) is 0 Å². The van der Waals surface area contributed by atoms with Gasteiger partial charge in [-0.25, -0.2) is 8.78 Å². The Hall–Kier alpha value is -2.22. The maximum Gasteiger partial charge on any atom is 0.279 e. The molecule has 0 radical (unpaired) electrons. The average molecular weight is 351 g/mol. The van der Waals surface area contributed by atoms with Crippen LogP contribution in [0.15, 0.2) is 28.2 Å². The highest BCUT2D eigenvalue weighted by Crippen LogP contribution is 2.36. The lowest BCUT2D eigenvalue weighted by molar-refractivity contribution is -0.116. The summed E-state index contributed by atoms with van der Waals surface area (Å²) in [5.74, 6) is -1.51. The second-order valence-electron chi connectivity index (χ2n) is 5.42. The maximum absolute atomic E-state index is 14.2. The first-order chi connectivity index (χ1) is 11.4. The Balaban J connectivity index is 2.24. The molecule has 126 valence electrons. The van der Waals surface area contributed by atoms with E-state index in [4.69, 9.17) is 0 Å². The summed E-state index contributed by atoms with van der Waals surface area (Å²) in [4.78, 5) is 28.6. The van der Waals surface area contributed by atoms with Crippen molar-refractivity contribution in [2.45, 2.75) is 24.4 Å². The van der Waals surface area contributed by atoms with E-state index in [2.05, 4.69) is 10.3 Å². The van der Waals surface area contributed by atoms with Crippen molar-refractivity contribution in [1.29, 1.82) is 0 Å². The molecule has 0 saturated heterocycles. The van der Waals surface area contributed by atoms with Crippen LogP contribution in [0.4, 0.5) is 14.6 Å². The first kappa shape index (κ1) is 16.6. The van der Waals surface area contributed by atoms with Gasteiger partial charge in [0, 0.05) is 19.4 Å². The third kappa shape index (κ3) is 2.82. The summed E-state index contributed by atoms with van der Waals surface area (Å²) >= 11 is 1.36. The number of nitrogens with one attached hydrogen (secondary N) is 1. The molecule has 1 aromatic heterocycles. The van der Waals surface area contributed by atoms with Gasteiger partial charge in [0.25, 0.3) is 5.56 Å². The Kier molecular flexibility index (Phi) is 4.40. The van der Waals surface area contributed by atoms with Crippen LogP contribution >= 0.6 is 11.8 Å². The van der Waals surface area contributed by atoms with E-state index >= 15 is 0 Å². The van der Waals surface area contributed by atoms with E-state index in [-0.39, 0.29) is 29.3 Å². The summed E-state index contributed by atoms with van der Waals surface area (Å²) in [7, 11) is 1.67. The third-order valence-electron chi connectivity index (χ3n) is 3.91. The molecule has 0 aliphatic carbocycles. The number of nitrogens with zero attached hydrogens (tertiary/aromatic N) is 2. The van der Waals surface area contributed by atoms with Crippen LogP contribution < -0.4 is 10.9 Å². The van der Waals surface area contributed by atoms with Gasteiger partial charge in [-0.3, -0.25) is 9.59 Å². The molecule has 2 heterocycles. The minimum atomic E-state index is -0.865. The fraction of sp³-hybridized carbons (Fsp3) is 0.312.